The molecule has 0 atom stereocenters. The van der Waals surface area contributed by atoms with Crippen molar-refractivity contribution in [3.05, 3.63) is 52.0 Å². The standard InChI is InChI=1S/C19H17Cl2FN4O/c1-2-27-16-6-15-12(5-11(16)10-7-23-8-10)19(25-9-24-15)26-14-4-3-13(20)17(21)18(14)22/h3-6,9-10,23H,2,7-8H2,1H3,(H,24,25,26). The number of aromatic nitrogens is 2. The van der Waals surface area contributed by atoms with Gasteiger partial charge in [-0.2, -0.15) is 0 Å². The number of anilines is 2. The normalized spacial score (nSPS) is 14.2. The van der Waals surface area contributed by atoms with Gasteiger partial charge in [-0.1, -0.05) is 23.2 Å². The SMILES string of the molecule is CCOc1cc2ncnc(Nc3ccc(Cl)c(Cl)c3F)c2cc1C1CNC1. The highest BCUT2D eigenvalue weighted by Gasteiger charge is 2.24. The Balaban J connectivity index is 1.80. The first-order chi connectivity index (χ1) is 13.1. The van der Waals surface area contributed by atoms with Crippen molar-refractivity contribution in [1.82, 2.24) is 15.3 Å². The summed E-state index contributed by atoms with van der Waals surface area (Å²) in [5.74, 6) is 1.06. The van der Waals surface area contributed by atoms with Crippen LogP contribution in [0.3, 0.4) is 0 Å². The summed E-state index contributed by atoms with van der Waals surface area (Å²) < 4.78 is 20.2. The van der Waals surface area contributed by atoms with Crippen LogP contribution in [0.5, 0.6) is 5.75 Å². The molecule has 2 heterocycles. The Morgan fingerprint density at radius 3 is 2.78 bits per heavy atom. The third kappa shape index (κ3) is 3.40. The minimum Gasteiger partial charge on any atom is -0.494 e. The van der Waals surface area contributed by atoms with Crippen LogP contribution in [0.15, 0.2) is 30.6 Å². The van der Waals surface area contributed by atoms with E-state index in [1.807, 2.05) is 19.1 Å². The van der Waals surface area contributed by atoms with E-state index in [2.05, 4.69) is 20.6 Å². The number of nitrogens with zero attached hydrogens (tertiary/aromatic N) is 2. The molecular weight excluding hydrogens is 390 g/mol. The lowest BCUT2D eigenvalue weighted by atomic mass is 9.91. The van der Waals surface area contributed by atoms with E-state index in [0.717, 1.165) is 29.8 Å². The van der Waals surface area contributed by atoms with Gasteiger partial charge in [0.15, 0.2) is 5.82 Å². The summed E-state index contributed by atoms with van der Waals surface area (Å²) >= 11 is 11.8. The number of fused-ring (bicyclic) bond motifs is 1. The largest absolute Gasteiger partial charge is 0.494 e. The Morgan fingerprint density at radius 2 is 2.07 bits per heavy atom. The zero-order valence-electron chi connectivity index (χ0n) is 14.5. The second-order valence-corrected chi connectivity index (χ2v) is 7.05. The Bertz CT molecular complexity index is 1010. The lowest BCUT2D eigenvalue weighted by molar-refractivity contribution is 0.327. The molecule has 3 aromatic rings. The minimum atomic E-state index is -0.620. The maximum absolute atomic E-state index is 14.4. The van der Waals surface area contributed by atoms with Crippen LogP contribution in [0.25, 0.3) is 10.9 Å². The third-order valence-corrected chi connectivity index (χ3v) is 5.36. The molecule has 0 amide bonds. The number of ether oxygens (including phenoxy) is 1. The second kappa shape index (κ2) is 7.46. The topological polar surface area (TPSA) is 59.1 Å². The van der Waals surface area contributed by atoms with Gasteiger partial charge in [0.2, 0.25) is 0 Å². The van der Waals surface area contributed by atoms with Gasteiger partial charge in [-0.05, 0) is 25.1 Å². The third-order valence-electron chi connectivity index (χ3n) is 4.58. The van der Waals surface area contributed by atoms with Crippen molar-refractivity contribution in [1.29, 1.82) is 0 Å². The number of hydrogen-bond acceptors (Lipinski definition) is 5. The zero-order valence-corrected chi connectivity index (χ0v) is 16.0. The van der Waals surface area contributed by atoms with Gasteiger partial charge in [0, 0.05) is 36.0 Å². The lowest BCUT2D eigenvalue weighted by Gasteiger charge is -2.29. The number of halogens is 3. The average molecular weight is 407 g/mol. The van der Waals surface area contributed by atoms with Crippen LogP contribution in [0.1, 0.15) is 18.4 Å². The monoisotopic (exact) mass is 406 g/mol. The maximum Gasteiger partial charge on any atom is 0.166 e. The van der Waals surface area contributed by atoms with Gasteiger partial charge in [-0.15, -0.1) is 0 Å². The highest BCUT2D eigenvalue weighted by Crippen LogP contribution is 2.37. The minimum absolute atomic E-state index is 0.125. The summed E-state index contributed by atoms with van der Waals surface area (Å²) in [5, 5.41) is 7.10. The molecule has 2 aromatic carbocycles. The molecule has 1 aliphatic rings. The number of benzene rings is 2. The van der Waals surface area contributed by atoms with Crippen LogP contribution in [-0.4, -0.2) is 29.7 Å². The Hall–Kier alpha value is -2.15. The van der Waals surface area contributed by atoms with E-state index in [9.17, 15) is 4.39 Å². The zero-order chi connectivity index (χ0) is 19.0. The summed E-state index contributed by atoms with van der Waals surface area (Å²) in [4.78, 5) is 8.63. The van der Waals surface area contributed by atoms with Crippen molar-refractivity contribution in [3.63, 3.8) is 0 Å². The van der Waals surface area contributed by atoms with Gasteiger partial charge < -0.3 is 15.4 Å². The molecule has 0 radical (unpaired) electrons. The van der Waals surface area contributed by atoms with Crippen molar-refractivity contribution in [2.45, 2.75) is 12.8 Å². The quantitative estimate of drug-likeness (QED) is 0.589. The van der Waals surface area contributed by atoms with Crippen LogP contribution in [0.2, 0.25) is 10.0 Å². The summed E-state index contributed by atoms with van der Waals surface area (Å²) in [7, 11) is 0. The van der Waals surface area contributed by atoms with Gasteiger partial charge >= 0.3 is 0 Å². The first kappa shape index (κ1) is 18.2. The van der Waals surface area contributed by atoms with Gasteiger partial charge in [0.1, 0.15) is 17.9 Å². The summed E-state index contributed by atoms with van der Waals surface area (Å²) in [6.45, 7) is 4.31. The number of hydrogen-bond donors (Lipinski definition) is 2. The molecule has 140 valence electrons. The molecule has 0 unspecified atom stereocenters. The molecule has 1 saturated heterocycles. The predicted molar refractivity (Wildman–Crippen MR) is 106 cm³/mol. The Morgan fingerprint density at radius 1 is 1.26 bits per heavy atom. The highest BCUT2D eigenvalue weighted by molar-refractivity contribution is 6.42. The Labute approximate surface area is 165 Å². The van der Waals surface area contributed by atoms with E-state index in [1.54, 1.807) is 0 Å². The first-order valence-corrected chi connectivity index (χ1v) is 9.36. The van der Waals surface area contributed by atoms with Crippen molar-refractivity contribution >= 4 is 45.6 Å². The van der Waals surface area contributed by atoms with Crippen LogP contribution < -0.4 is 15.4 Å². The predicted octanol–water partition coefficient (Wildman–Crippen LogP) is 4.90. The maximum atomic E-state index is 14.4. The van der Waals surface area contributed by atoms with E-state index in [4.69, 9.17) is 27.9 Å². The summed E-state index contributed by atoms with van der Waals surface area (Å²) in [5.41, 5.74) is 2.01. The molecule has 27 heavy (non-hydrogen) atoms. The molecule has 2 N–H and O–H groups in total. The van der Waals surface area contributed by atoms with Crippen LogP contribution in [0, 0.1) is 5.82 Å². The molecule has 8 heteroatoms. The fourth-order valence-corrected chi connectivity index (χ4v) is 3.37. The average Bonchev–Trinajstić information content (AvgIpc) is 2.62. The van der Waals surface area contributed by atoms with E-state index < -0.39 is 5.82 Å². The van der Waals surface area contributed by atoms with E-state index in [-0.39, 0.29) is 15.7 Å². The molecule has 5 nitrogen and oxygen atoms in total. The molecule has 1 aliphatic heterocycles. The van der Waals surface area contributed by atoms with Crippen molar-refractivity contribution in [3.8, 4) is 5.75 Å². The lowest BCUT2D eigenvalue weighted by Crippen LogP contribution is -2.40. The van der Waals surface area contributed by atoms with Gasteiger partial charge in [-0.3, -0.25) is 0 Å². The molecular formula is C19H17Cl2FN4O. The molecule has 1 aromatic heterocycles. The number of rotatable bonds is 5. The first-order valence-electron chi connectivity index (χ1n) is 8.61. The summed E-state index contributed by atoms with van der Waals surface area (Å²) in [6, 6.07) is 6.99. The molecule has 0 bridgehead atoms. The highest BCUT2D eigenvalue weighted by atomic mass is 35.5. The fourth-order valence-electron chi connectivity index (χ4n) is 3.06. The second-order valence-electron chi connectivity index (χ2n) is 6.27. The van der Waals surface area contributed by atoms with Crippen molar-refractivity contribution in [2.75, 3.05) is 25.0 Å². The Kier molecular flexibility index (Phi) is 5.04. The van der Waals surface area contributed by atoms with Gasteiger partial charge in [-0.25, -0.2) is 14.4 Å². The smallest absolute Gasteiger partial charge is 0.166 e. The van der Waals surface area contributed by atoms with Crippen molar-refractivity contribution in [2.24, 2.45) is 0 Å². The molecule has 0 saturated carbocycles. The van der Waals surface area contributed by atoms with Gasteiger partial charge in [0.25, 0.3) is 0 Å². The molecule has 0 aliphatic carbocycles. The number of nitrogens with one attached hydrogen (secondary N) is 2. The van der Waals surface area contributed by atoms with Crippen LogP contribution in [-0.2, 0) is 0 Å². The van der Waals surface area contributed by atoms with Crippen molar-refractivity contribution < 1.29 is 9.13 Å². The van der Waals surface area contributed by atoms with E-state index >= 15 is 0 Å². The van der Waals surface area contributed by atoms with Crippen LogP contribution >= 0.6 is 23.2 Å². The molecule has 4 rings (SSSR count). The molecule has 0 spiro atoms. The van der Waals surface area contributed by atoms with E-state index in [0.29, 0.717) is 23.9 Å². The van der Waals surface area contributed by atoms with E-state index in [1.165, 1.54) is 18.5 Å². The fraction of sp³-hybridized carbons (Fsp3) is 0.263. The molecule has 1 fully saturated rings. The van der Waals surface area contributed by atoms with Gasteiger partial charge in [0.05, 0.1) is 27.9 Å². The summed E-state index contributed by atoms with van der Waals surface area (Å²) in [6.07, 6.45) is 1.43. The van der Waals surface area contributed by atoms with Crippen LogP contribution in [0.4, 0.5) is 15.9 Å².